The van der Waals surface area contributed by atoms with E-state index in [4.69, 9.17) is 4.74 Å². The Bertz CT molecular complexity index is 524. The summed E-state index contributed by atoms with van der Waals surface area (Å²) in [5, 5.41) is 14.0. The van der Waals surface area contributed by atoms with Crippen LogP contribution < -0.4 is 10.1 Å². The third-order valence-electron chi connectivity index (χ3n) is 4.50. The number of hydrogen-bond acceptors (Lipinski definition) is 3. The van der Waals surface area contributed by atoms with Gasteiger partial charge in [0.05, 0.1) is 17.8 Å². The second kappa shape index (κ2) is 5.18. The molecule has 0 aromatic heterocycles. The number of ether oxygens (including phenoxy) is 1. The van der Waals surface area contributed by atoms with Crippen molar-refractivity contribution in [2.45, 2.75) is 37.0 Å². The normalized spacial score (nSPS) is 25.0. The van der Waals surface area contributed by atoms with Gasteiger partial charge in [0.1, 0.15) is 5.75 Å². The first-order chi connectivity index (χ1) is 9.90. The van der Waals surface area contributed by atoms with Crippen molar-refractivity contribution in [3.05, 3.63) is 29.3 Å². The molecule has 1 unspecified atom stereocenters. The Morgan fingerprint density at radius 1 is 1.24 bits per heavy atom. The van der Waals surface area contributed by atoms with Gasteiger partial charge in [0.25, 0.3) is 0 Å². The van der Waals surface area contributed by atoms with Crippen LogP contribution >= 0.6 is 0 Å². The number of aliphatic hydroxyl groups is 1. The van der Waals surface area contributed by atoms with Gasteiger partial charge in [-0.1, -0.05) is 6.07 Å². The highest BCUT2D eigenvalue weighted by atomic mass is 19.4. The van der Waals surface area contributed by atoms with E-state index in [1.165, 1.54) is 6.07 Å². The van der Waals surface area contributed by atoms with Crippen LogP contribution in [0.5, 0.6) is 5.75 Å². The average molecular weight is 301 g/mol. The highest BCUT2D eigenvalue weighted by molar-refractivity contribution is 5.43. The SMILES string of the molecule is OC1(C2CCOc3cc(C(F)(F)F)ccc32)CCNCC1. The molecule has 0 bridgehead atoms. The van der Waals surface area contributed by atoms with E-state index in [9.17, 15) is 18.3 Å². The molecule has 0 saturated carbocycles. The van der Waals surface area contributed by atoms with E-state index in [0.717, 1.165) is 25.2 Å². The van der Waals surface area contributed by atoms with Gasteiger partial charge in [0.2, 0.25) is 0 Å². The number of alkyl halides is 3. The van der Waals surface area contributed by atoms with Gasteiger partial charge in [-0.25, -0.2) is 0 Å². The summed E-state index contributed by atoms with van der Waals surface area (Å²) in [5.74, 6) is 0.0960. The van der Waals surface area contributed by atoms with Crippen molar-refractivity contribution in [2.75, 3.05) is 19.7 Å². The minimum absolute atomic E-state index is 0.161. The molecule has 0 aliphatic carbocycles. The van der Waals surface area contributed by atoms with Crippen LogP contribution in [-0.4, -0.2) is 30.4 Å². The summed E-state index contributed by atoms with van der Waals surface area (Å²) >= 11 is 0. The second-order valence-electron chi connectivity index (χ2n) is 5.79. The number of nitrogens with one attached hydrogen (secondary N) is 1. The number of rotatable bonds is 1. The van der Waals surface area contributed by atoms with Crippen molar-refractivity contribution in [1.82, 2.24) is 5.32 Å². The molecule has 3 rings (SSSR count). The summed E-state index contributed by atoms with van der Waals surface area (Å²) in [6.45, 7) is 1.79. The number of fused-ring (bicyclic) bond motifs is 1. The van der Waals surface area contributed by atoms with Crippen LogP contribution in [0.15, 0.2) is 18.2 Å². The Kier molecular flexibility index (Phi) is 3.61. The Balaban J connectivity index is 1.95. The average Bonchev–Trinajstić information content (AvgIpc) is 2.46. The molecule has 116 valence electrons. The van der Waals surface area contributed by atoms with Gasteiger partial charge in [0.15, 0.2) is 0 Å². The van der Waals surface area contributed by atoms with Gasteiger partial charge < -0.3 is 15.2 Å². The maximum Gasteiger partial charge on any atom is 0.416 e. The molecular weight excluding hydrogens is 283 g/mol. The fraction of sp³-hybridized carbons (Fsp3) is 0.600. The van der Waals surface area contributed by atoms with Gasteiger partial charge in [0, 0.05) is 11.5 Å². The Hall–Kier alpha value is -1.27. The second-order valence-corrected chi connectivity index (χ2v) is 5.79. The zero-order valence-electron chi connectivity index (χ0n) is 11.5. The molecule has 1 fully saturated rings. The first-order valence-electron chi connectivity index (χ1n) is 7.17. The highest BCUT2D eigenvalue weighted by Crippen LogP contribution is 2.45. The van der Waals surface area contributed by atoms with Crippen LogP contribution in [0.25, 0.3) is 0 Å². The fourth-order valence-electron chi connectivity index (χ4n) is 3.33. The molecule has 0 radical (unpaired) electrons. The lowest BCUT2D eigenvalue weighted by molar-refractivity contribution is -0.137. The first kappa shape index (κ1) is 14.7. The van der Waals surface area contributed by atoms with Crippen LogP contribution in [0.4, 0.5) is 13.2 Å². The van der Waals surface area contributed by atoms with E-state index < -0.39 is 17.3 Å². The van der Waals surface area contributed by atoms with Crippen LogP contribution in [0.3, 0.4) is 0 Å². The predicted octanol–water partition coefficient (Wildman–Crippen LogP) is 2.69. The van der Waals surface area contributed by atoms with Crippen molar-refractivity contribution in [3.63, 3.8) is 0 Å². The number of hydrogen-bond donors (Lipinski definition) is 2. The van der Waals surface area contributed by atoms with Crippen LogP contribution in [0.2, 0.25) is 0 Å². The Labute approximate surface area is 121 Å². The molecule has 2 heterocycles. The van der Waals surface area contributed by atoms with E-state index in [0.29, 0.717) is 31.4 Å². The molecule has 2 aliphatic rings. The largest absolute Gasteiger partial charge is 0.493 e. The van der Waals surface area contributed by atoms with Gasteiger partial charge in [-0.05, 0) is 44.5 Å². The van der Waals surface area contributed by atoms with Crippen LogP contribution in [0.1, 0.15) is 36.3 Å². The summed E-state index contributed by atoms with van der Waals surface area (Å²) < 4.78 is 43.7. The van der Waals surface area contributed by atoms with Gasteiger partial charge in [-0.15, -0.1) is 0 Å². The summed E-state index contributed by atoms with van der Waals surface area (Å²) in [5.41, 5.74) is -0.873. The summed E-state index contributed by atoms with van der Waals surface area (Å²) in [6, 6.07) is 3.58. The van der Waals surface area contributed by atoms with Crippen LogP contribution in [0, 0.1) is 0 Å². The minimum Gasteiger partial charge on any atom is -0.493 e. The Morgan fingerprint density at radius 3 is 2.62 bits per heavy atom. The van der Waals surface area contributed by atoms with Crippen molar-refractivity contribution in [3.8, 4) is 5.75 Å². The minimum atomic E-state index is -4.38. The quantitative estimate of drug-likeness (QED) is 0.838. The summed E-state index contributed by atoms with van der Waals surface area (Å²) in [4.78, 5) is 0. The molecule has 0 amide bonds. The molecule has 21 heavy (non-hydrogen) atoms. The van der Waals surface area contributed by atoms with Gasteiger partial charge in [-0.3, -0.25) is 0 Å². The summed E-state index contributed by atoms with van der Waals surface area (Å²) in [6.07, 6.45) is -2.53. The Morgan fingerprint density at radius 2 is 1.95 bits per heavy atom. The van der Waals surface area contributed by atoms with Gasteiger partial charge in [-0.2, -0.15) is 13.2 Å². The van der Waals surface area contributed by atoms with E-state index in [1.807, 2.05) is 0 Å². The molecule has 3 nitrogen and oxygen atoms in total. The third kappa shape index (κ3) is 2.74. The van der Waals surface area contributed by atoms with E-state index in [2.05, 4.69) is 5.32 Å². The standard InChI is InChI=1S/C15H18F3NO2/c16-15(17,18)10-1-2-11-12(3-8-21-13(11)9-10)14(20)4-6-19-7-5-14/h1-2,9,12,19-20H,3-8H2. The first-order valence-corrected chi connectivity index (χ1v) is 7.17. The number of piperidine rings is 1. The molecule has 2 N–H and O–H groups in total. The monoisotopic (exact) mass is 301 g/mol. The molecule has 6 heteroatoms. The molecule has 1 atom stereocenters. The molecule has 0 spiro atoms. The zero-order chi connectivity index (χ0) is 15.1. The molecule has 2 aliphatic heterocycles. The molecule has 1 saturated heterocycles. The van der Waals surface area contributed by atoms with Crippen molar-refractivity contribution >= 4 is 0 Å². The number of halogens is 3. The highest BCUT2D eigenvalue weighted by Gasteiger charge is 2.42. The van der Waals surface area contributed by atoms with Crippen molar-refractivity contribution in [1.29, 1.82) is 0 Å². The molecular formula is C15H18F3NO2. The lowest BCUT2D eigenvalue weighted by Crippen LogP contribution is -2.47. The topological polar surface area (TPSA) is 41.5 Å². The number of benzene rings is 1. The molecule has 1 aromatic rings. The van der Waals surface area contributed by atoms with Crippen LogP contribution in [-0.2, 0) is 6.18 Å². The summed E-state index contributed by atoms with van der Waals surface area (Å²) in [7, 11) is 0. The molecule has 1 aromatic carbocycles. The third-order valence-corrected chi connectivity index (χ3v) is 4.50. The van der Waals surface area contributed by atoms with Gasteiger partial charge >= 0.3 is 6.18 Å². The lowest BCUT2D eigenvalue weighted by Gasteiger charge is -2.42. The van der Waals surface area contributed by atoms with Crippen molar-refractivity contribution < 1.29 is 23.0 Å². The smallest absolute Gasteiger partial charge is 0.416 e. The van der Waals surface area contributed by atoms with E-state index >= 15 is 0 Å². The van der Waals surface area contributed by atoms with E-state index in [1.54, 1.807) is 0 Å². The maximum atomic E-state index is 12.8. The predicted molar refractivity (Wildman–Crippen MR) is 71.4 cm³/mol. The van der Waals surface area contributed by atoms with E-state index in [-0.39, 0.29) is 11.7 Å². The van der Waals surface area contributed by atoms with Crippen molar-refractivity contribution in [2.24, 2.45) is 0 Å². The maximum absolute atomic E-state index is 12.8. The zero-order valence-corrected chi connectivity index (χ0v) is 11.5. The fourth-order valence-corrected chi connectivity index (χ4v) is 3.33. The lowest BCUT2D eigenvalue weighted by atomic mass is 9.73.